The lowest BCUT2D eigenvalue weighted by molar-refractivity contribution is -0.120. The van der Waals surface area contributed by atoms with Crippen LogP contribution in [0.25, 0.3) is 0 Å². The Bertz CT molecular complexity index is 546. The lowest BCUT2D eigenvalue weighted by Crippen LogP contribution is -2.40. The van der Waals surface area contributed by atoms with Gasteiger partial charge in [-0.25, -0.2) is 0 Å². The normalized spacial score (nSPS) is 25.7. The van der Waals surface area contributed by atoms with Crippen molar-refractivity contribution < 1.29 is 9.53 Å². The number of rotatable bonds is 4. The third kappa shape index (κ3) is 5.42. The van der Waals surface area contributed by atoms with Crippen LogP contribution in [0.4, 0.5) is 5.69 Å². The minimum absolute atomic E-state index is 0. The molecule has 1 amide bonds. The van der Waals surface area contributed by atoms with E-state index in [1.807, 2.05) is 12.1 Å². The van der Waals surface area contributed by atoms with Gasteiger partial charge >= 0.3 is 0 Å². The first kappa shape index (κ1) is 20.2. The first-order chi connectivity index (χ1) is 11.6. The maximum absolute atomic E-state index is 12.4. The quantitative estimate of drug-likeness (QED) is 0.859. The largest absolute Gasteiger partial charge is 0.379 e. The standard InChI is InChI=1S/C19H29N3O2.ClH/c1-14-13-17(7-8-20-14)19(23)21-18-5-3-16(4-6-18)15(2)22-9-11-24-12-10-22;/h3-6,14-15,17,20H,7-13H2,1-2H3,(H,21,23);1H/t14-,15?,17-;/m0./s1. The topological polar surface area (TPSA) is 53.6 Å². The molecule has 0 bridgehead atoms. The molecule has 1 aromatic carbocycles. The van der Waals surface area contributed by atoms with Gasteiger partial charge in [-0.1, -0.05) is 12.1 Å². The molecule has 0 saturated carbocycles. The van der Waals surface area contributed by atoms with Crippen LogP contribution < -0.4 is 10.6 Å². The number of benzene rings is 1. The lowest BCUT2D eigenvalue weighted by atomic mass is 9.92. The van der Waals surface area contributed by atoms with E-state index in [0.29, 0.717) is 12.1 Å². The summed E-state index contributed by atoms with van der Waals surface area (Å²) in [6.45, 7) is 8.88. The SMILES string of the molecule is CC(c1ccc(NC(=O)[C@H]2CCN[C@@H](C)C2)cc1)N1CCOCC1.Cl. The van der Waals surface area contributed by atoms with Crippen molar-refractivity contribution in [3.05, 3.63) is 29.8 Å². The van der Waals surface area contributed by atoms with Crippen molar-refractivity contribution in [3.8, 4) is 0 Å². The summed E-state index contributed by atoms with van der Waals surface area (Å²) < 4.78 is 5.42. The van der Waals surface area contributed by atoms with Gasteiger partial charge in [0.2, 0.25) is 5.91 Å². The van der Waals surface area contributed by atoms with Crippen LogP contribution in [0, 0.1) is 5.92 Å². The summed E-state index contributed by atoms with van der Waals surface area (Å²) in [6.07, 6.45) is 1.83. The highest BCUT2D eigenvalue weighted by Crippen LogP contribution is 2.24. The fourth-order valence-corrected chi connectivity index (χ4v) is 3.63. The molecular formula is C19H30ClN3O2. The number of piperidine rings is 1. The molecule has 25 heavy (non-hydrogen) atoms. The van der Waals surface area contributed by atoms with Gasteiger partial charge in [-0.2, -0.15) is 0 Å². The van der Waals surface area contributed by atoms with Crippen LogP contribution in [0.1, 0.15) is 38.3 Å². The fraction of sp³-hybridized carbons (Fsp3) is 0.632. The van der Waals surface area contributed by atoms with Crippen molar-refractivity contribution >= 4 is 24.0 Å². The first-order valence-corrected chi connectivity index (χ1v) is 9.09. The van der Waals surface area contributed by atoms with Gasteiger partial charge in [0.15, 0.2) is 0 Å². The van der Waals surface area contributed by atoms with Gasteiger partial charge < -0.3 is 15.4 Å². The Hall–Kier alpha value is -1.14. The van der Waals surface area contributed by atoms with E-state index < -0.39 is 0 Å². The lowest BCUT2D eigenvalue weighted by Gasteiger charge is -2.32. The zero-order valence-corrected chi connectivity index (χ0v) is 16.0. The van der Waals surface area contributed by atoms with Crippen LogP contribution in [0.15, 0.2) is 24.3 Å². The minimum Gasteiger partial charge on any atom is -0.379 e. The van der Waals surface area contributed by atoms with E-state index >= 15 is 0 Å². The molecule has 2 heterocycles. The molecule has 3 rings (SSSR count). The average molecular weight is 368 g/mol. The number of hydrogen-bond acceptors (Lipinski definition) is 4. The molecule has 1 unspecified atom stereocenters. The smallest absolute Gasteiger partial charge is 0.227 e. The second-order valence-corrected chi connectivity index (χ2v) is 7.01. The van der Waals surface area contributed by atoms with Crippen molar-refractivity contribution in [2.45, 2.75) is 38.8 Å². The van der Waals surface area contributed by atoms with Crippen LogP contribution in [0.5, 0.6) is 0 Å². The third-order valence-corrected chi connectivity index (χ3v) is 5.25. The number of hydrogen-bond donors (Lipinski definition) is 2. The molecule has 2 fully saturated rings. The van der Waals surface area contributed by atoms with Gasteiger partial charge in [-0.05, 0) is 50.9 Å². The Morgan fingerprint density at radius 2 is 1.96 bits per heavy atom. The Balaban J connectivity index is 0.00000225. The molecule has 5 nitrogen and oxygen atoms in total. The summed E-state index contributed by atoms with van der Waals surface area (Å²) in [4.78, 5) is 14.9. The van der Waals surface area contributed by atoms with E-state index in [2.05, 4.69) is 41.5 Å². The summed E-state index contributed by atoms with van der Waals surface area (Å²) in [6, 6.07) is 9.10. The molecule has 2 saturated heterocycles. The third-order valence-electron chi connectivity index (χ3n) is 5.25. The van der Waals surface area contributed by atoms with Crippen molar-refractivity contribution in [2.75, 3.05) is 38.2 Å². The van der Waals surface area contributed by atoms with E-state index in [-0.39, 0.29) is 24.2 Å². The highest BCUT2D eigenvalue weighted by Gasteiger charge is 2.24. The molecule has 2 aliphatic rings. The molecule has 0 radical (unpaired) electrons. The number of morpholine rings is 1. The molecule has 140 valence electrons. The predicted octanol–water partition coefficient (Wildman–Crippen LogP) is 2.83. The van der Waals surface area contributed by atoms with E-state index in [4.69, 9.17) is 4.74 Å². The number of halogens is 1. The molecule has 0 aliphatic carbocycles. The fourth-order valence-electron chi connectivity index (χ4n) is 3.63. The summed E-state index contributed by atoms with van der Waals surface area (Å²) in [7, 11) is 0. The van der Waals surface area contributed by atoms with Crippen LogP contribution in [0.3, 0.4) is 0 Å². The van der Waals surface area contributed by atoms with Crippen molar-refractivity contribution in [1.82, 2.24) is 10.2 Å². The summed E-state index contributed by atoms with van der Waals surface area (Å²) in [5, 5.41) is 6.47. The zero-order chi connectivity index (χ0) is 16.9. The number of ether oxygens (including phenoxy) is 1. The van der Waals surface area contributed by atoms with E-state index in [9.17, 15) is 4.79 Å². The number of anilines is 1. The molecule has 1 aromatic rings. The van der Waals surface area contributed by atoms with Crippen LogP contribution in [-0.4, -0.2) is 49.7 Å². The summed E-state index contributed by atoms with van der Waals surface area (Å²) >= 11 is 0. The van der Waals surface area contributed by atoms with Crippen molar-refractivity contribution in [2.24, 2.45) is 5.92 Å². The number of nitrogens with zero attached hydrogens (tertiary/aromatic N) is 1. The number of carbonyl (C=O) groups excluding carboxylic acids is 1. The first-order valence-electron chi connectivity index (χ1n) is 9.09. The number of carbonyl (C=O) groups is 1. The second kappa shape index (κ2) is 9.53. The van der Waals surface area contributed by atoms with Gasteiger partial charge in [0.1, 0.15) is 0 Å². The van der Waals surface area contributed by atoms with Crippen LogP contribution in [0.2, 0.25) is 0 Å². The van der Waals surface area contributed by atoms with Gasteiger partial charge in [-0.3, -0.25) is 9.69 Å². The molecular weight excluding hydrogens is 338 g/mol. The van der Waals surface area contributed by atoms with Crippen molar-refractivity contribution in [3.63, 3.8) is 0 Å². The minimum atomic E-state index is 0. The highest BCUT2D eigenvalue weighted by molar-refractivity contribution is 5.92. The van der Waals surface area contributed by atoms with Crippen LogP contribution in [-0.2, 0) is 9.53 Å². The maximum Gasteiger partial charge on any atom is 0.227 e. The Morgan fingerprint density at radius 1 is 1.28 bits per heavy atom. The van der Waals surface area contributed by atoms with Gasteiger partial charge in [0.25, 0.3) is 0 Å². The Morgan fingerprint density at radius 3 is 2.60 bits per heavy atom. The molecule has 0 spiro atoms. The summed E-state index contributed by atoms with van der Waals surface area (Å²) in [5.41, 5.74) is 2.18. The molecule has 2 N–H and O–H groups in total. The molecule has 3 atom stereocenters. The number of nitrogens with one attached hydrogen (secondary N) is 2. The maximum atomic E-state index is 12.4. The van der Waals surface area contributed by atoms with Gasteiger partial charge in [0.05, 0.1) is 13.2 Å². The molecule has 6 heteroatoms. The van der Waals surface area contributed by atoms with E-state index in [0.717, 1.165) is 51.4 Å². The summed E-state index contributed by atoms with van der Waals surface area (Å²) in [5.74, 6) is 0.269. The monoisotopic (exact) mass is 367 g/mol. The highest BCUT2D eigenvalue weighted by atomic mass is 35.5. The predicted molar refractivity (Wildman–Crippen MR) is 103 cm³/mol. The van der Waals surface area contributed by atoms with E-state index in [1.54, 1.807) is 0 Å². The molecule has 2 aliphatic heterocycles. The van der Waals surface area contributed by atoms with E-state index in [1.165, 1.54) is 5.56 Å². The van der Waals surface area contributed by atoms with Gasteiger partial charge in [-0.15, -0.1) is 12.4 Å². The Labute approximate surface area is 156 Å². The average Bonchev–Trinajstić information content (AvgIpc) is 2.62. The second-order valence-electron chi connectivity index (χ2n) is 7.01. The Kier molecular flexibility index (Phi) is 7.69. The molecule has 0 aromatic heterocycles. The number of amides is 1. The van der Waals surface area contributed by atoms with Crippen LogP contribution >= 0.6 is 12.4 Å². The van der Waals surface area contributed by atoms with Crippen molar-refractivity contribution in [1.29, 1.82) is 0 Å². The zero-order valence-electron chi connectivity index (χ0n) is 15.2. The van der Waals surface area contributed by atoms with Gasteiger partial charge in [0, 0.05) is 36.8 Å².